The Morgan fingerprint density at radius 3 is 1.78 bits per heavy atom. The molecule has 0 aliphatic carbocycles. The zero-order chi connectivity index (χ0) is 7.49. The molecule has 0 saturated carbocycles. The van der Waals surface area contributed by atoms with E-state index in [1.807, 2.05) is 0 Å². The van der Waals surface area contributed by atoms with Gasteiger partial charge in [-0.25, -0.2) is 0 Å². The third-order valence-electron chi connectivity index (χ3n) is 1.32. The van der Waals surface area contributed by atoms with Crippen LogP contribution in [0.15, 0.2) is 25.3 Å². The van der Waals surface area contributed by atoms with Crippen LogP contribution in [0.5, 0.6) is 0 Å². The van der Waals surface area contributed by atoms with Crippen LogP contribution in [0.25, 0.3) is 0 Å². The Balaban J connectivity index is 4.26. The molecule has 0 spiro atoms. The van der Waals surface area contributed by atoms with Crippen molar-refractivity contribution in [3.05, 3.63) is 25.3 Å². The molecular weight excluding hydrogens is 116 g/mol. The first kappa shape index (κ1) is 8.40. The monoisotopic (exact) mass is 128 g/mol. The molecule has 0 aliphatic rings. The molecule has 0 fully saturated rings. The topological polar surface area (TPSA) is 40.5 Å². The maximum absolute atomic E-state index is 9.22. The summed E-state index contributed by atoms with van der Waals surface area (Å²) in [4.78, 5) is 0. The fraction of sp³-hybridized carbons (Fsp3) is 0.429. The van der Waals surface area contributed by atoms with Crippen molar-refractivity contribution >= 4 is 0 Å². The van der Waals surface area contributed by atoms with Gasteiger partial charge in [0, 0.05) is 0 Å². The highest BCUT2D eigenvalue weighted by Gasteiger charge is 2.23. The first-order chi connectivity index (χ1) is 4.06. The van der Waals surface area contributed by atoms with Gasteiger partial charge in [-0.05, 0) is 6.92 Å². The summed E-state index contributed by atoms with van der Waals surface area (Å²) in [6, 6.07) is 0. The average molecular weight is 128 g/mol. The molecule has 2 heteroatoms. The fourth-order valence-electron chi connectivity index (χ4n) is 0.424. The van der Waals surface area contributed by atoms with Crippen molar-refractivity contribution < 1.29 is 10.2 Å². The van der Waals surface area contributed by atoms with Gasteiger partial charge >= 0.3 is 0 Å². The van der Waals surface area contributed by atoms with E-state index in [0.29, 0.717) is 0 Å². The van der Waals surface area contributed by atoms with E-state index in [1.54, 1.807) is 0 Å². The second-order valence-electron chi connectivity index (χ2n) is 1.97. The summed E-state index contributed by atoms with van der Waals surface area (Å²) < 4.78 is 0. The highest BCUT2D eigenvalue weighted by molar-refractivity contribution is 5.11. The molecule has 2 nitrogen and oxygen atoms in total. The molecule has 0 aromatic heterocycles. The summed E-state index contributed by atoms with van der Waals surface area (Å²) in [5.74, 6) is 0. The Morgan fingerprint density at radius 2 is 1.78 bits per heavy atom. The molecule has 0 heterocycles. The Labute approximate surface area is 55.1 Å². The zero-order valence-electron chi connectivity index (χ0n) is 5.54. The lowest BCUT2D eigenvalue weighted by atomic mass is 9.99. The van der Waals surface area contributed by atoms with E-state index in [9.17, 15) is 5.11 Å². The Bertz CT molecular complexity index is 108. The minimum atomic E-state index is -1.33. The number of hydrogen-bond donors (Lipinski definition) is 2. The second kappa shape index (κ2) is 2.80. The van der Waals surface area contributed by atoms with Crippen molar-refractivity contribution in [2.24, 2.45) is 0 Å². The predicted octanol–water partition coefficient (Wildman–Crippen LogP) is 0.470. The third kappa shape index (κ3) is 1.66. The van der Waals surface area contributed by atoms with Crippen molar-refractivity contribution in [2.75, 3.05) is 0 Å². The fourth-order valence-corrected chi connectivity index (χ4v) is 0.424. The lowest BCUT2D eigenvalue weighted by molar-refractivity contribution is 0.00670. The van der Waals surface area contributed by atoms with Crippen molar-refractivity contribution in [1.29, 1.82) is 0 Å². The molecule has 0 bridgehead atoms. The standard InChI is InChI=1S/C7H12O2/c1-4-7(9,5-2)6(3)8/h4-6,8-9H,1-2H2,3H3. The first-order valence-electron chi connectivity index (χ1n) is 2.74. The van der Waals surface area contributed by atoms with Crippen LogP contribution in [-0.2, 0) is 0 Å². The van der Waals surface area contributed by atoms with Crippen LogP contribution in [-0.4, -0.2) is 21.9 Å². The maximum atomic E-state index is 9.22. The third-order valence-corrected chi connectivity index (χ3v) is 1.32. The van der Waals surface area contributed by atoms with Gasteiger partial charge in [0.15, 0.2) is 0 Å². The largest absolute Gasteiger partial charge is 0.390 e. The van der Waals surface area contributed by atoms with Crippen LogP contribution in [0.1, 0.15) is 6.92 Å². The van der Waals surface area contributed by atoms with Crippen LogP contribution < -0.4 is 0 Å². The van der Waals surface area contributed by atoms with Gasteiger partial charge in [-0.15, -0.1) is 0 Å². The molecule has 1 unspecified atom stereocenters. The van der Waals surface area contributed by atoms with Crippen LogP contribution in [0.2, 0.25) is 0 Å². The molecule has 0 aromatic rings. The van der Waals surface area contributed by atoms with Gasteiger partial charge in [0.1, 0.15) is 5.60 Å². The molecule has 0 rings (SSSR count). The number of aliphatic hydroxyl groups is 2. The summed E-state index contributed by atoms with van der Waals surface area (Å²) in [6.07, 6.45) is 1.66. The molecule has 0 amide bonds. The van der Waals surface area contributed by atoms with E-state index in [-0.39, 0.29) is 0 Å². The van der Waals surface area contributed by atoms with E-state index in [1.165, 1.54) is 19.1 Å². The average Bonchev–Trinajstić information content (AvgIpc) is 1.86. The lowest BCUT2D eigenvalue weighted by Gasteiger charge is -2.22. The van der Waals surface area contributed by atoms with Gasteiger partial charge in [0.05, 0.1) is 6.10 Å². The summed E-state index contributed by atoms with van der Waals surface area (Å²) >= 11 is 0. The highest BCUT2D eigenvalue weighted by Crippen LogP contribution is 2.11. The van der Waals surface area contributed by atoms with E-state index in [2.05, 4.69) is 13.2 Å². The van der Waals surface area contributed by atoms with Gasteiger partial charge in [0.2, 0.25) is 0 Å². The molecule has 0 radical (unpaired) electrons. The van der Waals surface area contributed by atoms with Gasteiger partial charge in [-0.2, -0.15) is 0 Å². The van der Waals surface area contributed by atoms with Crippen LogP contribution in [0, 0.1) is 0 Å². The molecular formula is C7H12O2. The smallest absolute Gasteiger partial charge is 0.126 e. The van der Waals surface area contributed by atoms with Crippen molar-refractivity contribution in [1.82, 2.24) is 0 Å². The zero-order valence-corrected chi connectivity index (χ0v) is 5.54. The molecule has 0 aliphatic heterocycles. The quantitative estimate of drug-likeness (QED) is 0.542. The minimum Gasteiger partial charge on any atom is -0.390 e. The van der Waals surface area contributed by atoms with Crippen LogP contribution in [0.3, 0.4) is 0 Å². The van der Waals surface area contributed by atoms with Crippen molar-refractivity contribution in [3.8, 4) is 0 Å². The van der Waals surface area contributed by atoms with E-state index < -0.39 is 11.7 Å². The van der Waals surface area contributed by atoms with E-state index >= 15 is 0 Å². The molecule has 1 atom stereocenters. The lowest BCUT2D eigenvalue weighted by Crippen LogP contribution is -2.35. The van der Waals surface area contributed by atoms with Gasteiger partial charge in [-0.1, -0.05) is 25.3 Å². The summed E-state index contributed by atoms with van der Waals surface area (Å²) in [5, 5.41) is 18.1. The summed E-state index contributed by atoms with van der Waals surface area (Å²) in [7, 11) is 0. The van der Waals surface area contributed by atoms with Crippen molar-refractivity contribution in [3.63, 3.8) is 0 Å². The van der Waals surface area contributed by atoms with E-state index in [4.69, 9.17) is 5.11 Å². The van der Waals surface area contributed by atoms with Gasteiger partial charge < -0.3 is 10.2 Å². The number of hydrogen-bond acceptors (Lipinski definition) is 2. The highest BCUT2D eigenvalue weighted by atomic mass is 16.3. The van der Waals surface area contributed by atoms with Crippen molar-refractivity contribution in [2.45, 2.75) is 18.6 Å². The summed E-state index contributed by atoms with van der Waals surface area (Å²) in [6.45, 7) is 8.16. The molecule has 52 valence electrons. The van der Waals surface area contributed by atoms with Crippen LogP contribution >= 0.6 is 0 Å². The van der Waals surface area contributed by atoms with Crippen LogP contribution in [0.4, 0.5) is 0 Å². The number of rotatable bonds is 3. The van der Waals surface area contributed by atoms with Gasteiger partial charge in [-0.3, -0.25) is 0 Å². The molecule has 0 aromatic carbocycles. The SMILES string of the molecule is C=CC(O)(C=C)C(C)O. The van der Waals surface area contributed by atoms with Gasteiger partial charge in [0.25, 0.3) is 0 Å². The number of aliphatic hydroxyl groups excluding tert-OH is 1. The Morgan fingerprint density at radius 1 is 1.44 bits per heavy atom. The maximum Gasteiger partial charge on any atom is 0.126 e. The first-order valence-corrected chi connectivity index (χ1v) is 2.74. The second-order valence-corrected chi connectivity index (χ2v) is 1.97. The molecule has 0 saturated heterocycles. The predicted molar refractivity (Wildman–Crippen MR) is 37.0 cm³/mol. The summed E-state index contributed by atoms with van der Waals surface area (Å²) in [5.41, 5.74) is -1.33. The van der Waals surface area contributed by atoms with E-state index in [0.717, 1.165) is 0 Å². The molecule has 9 heavy (non-hydrogen) atoms. The Hall–Kier alpha value is -0.600. The minimum absolute atomic E-state index is 0.854. The molecule has 2 N–H and O–H groups in total. The Kier molecular flexibility index (Phi) is 2.62. The normalized spacial score (nSPS) is 14.6.